The van der Waals surface area contributed by atoms with E-state index in [1.54, 1.807) is 0 Å². The minimum absolute atomic E-state index is 0.608. The Bertz CT molecular complexity index is 961. The highest BCUT2D eigenvalue weighted by molar-refractivity contribution is 5.67. The van der Waals surface area contributed by atoms with Crippen LogP contribution in [0.5, 0.6) is 0 Å². The van der Waals surface area contributed by atoms with Crippen molar-refractivity contribution >= 4 is 0 Å². The topological polar surface area (TPSA) is 96.2 Å². The van der Waals surface area contributed by atoms with Crippen molar-refractivity contribution in [1.82, 2.24) is 42.5 Å². The molecule has 4 aliphatic rings. The second-order valence-electron chi connectivity index (χ2n) is 13.8. The lowest BCUT2D eigenvalue weighted by atomic mass is 9.95. The van der Waals surface area contributed by atoms with Gasteiger partial charge in [-0.15, -0.1) is 0 Å². The molecule has 0 radical (unpaired) electrons. The summed E-state index contributed by atoms with van der Waals surface area (Å²) < 4.78 is 0. The van der Waals surface area contributed by atoms with Gasteiger partial charge in [0.1, 0.15) is 0 Å². The van der Waals surface area contributed by atoms with E-state index in [0.29, 0.717) is 24.2 Å². The summed E-state index contributed by atoms with van der Waals surface area (Å²) in [5, 5.41) is 29.5. The molecule has 4 atom stereocenters. The van der Waals surface area contributed by atoms with Crippen LogP contribution in [0.1, 0.15) is 73.6 Å². The molecule has 4 fully saturated rings. The molecule has 2 aromatic carbocycles. The standard InChI is InChI=1S/C36H58N8/c1-5-33(41-9-1)23-37-19-27-13-28(20-38-24-34-6-2-10-42-34)16-31(15-27)32-17-29(21-39-25-35-7-3-11-43-35)14-30(18-32)22-40-26-36-8-4-12-44-36/h13-18,33-44H,1-12,19-26H2. The molecular formula is C36H58N8. The molecule has 0 spiro atoms. The zero-order valence-electron chi connectivity index (χ0n) is 26.9. The van der Waals surface area contributed by atoms with Gasteiger partial charge >= 0.3 is 0 Å². The van der Waals surface area contributed by atoms with Gasteiger partial charge < -0.3 is 42.5 Å². The van der Waals surface area contributed by atoms with E-state index < -0.39 is 0 Å². The molecule has 4 aliphatic heterocycles. The van der Waals surface area contributed by atoms with E-state index in [4.69, 9.17) is 0 Å². The lowest BCUT2D eigenvalue weighted by Gasteiger charge is -2.17. The van der Waals surface area contributed by atoms with Crippen LogP contribution in [0.3, 0.4) is 0 Å². The highest BCUT2D eigenvalue weighted by Gasteiger charge is 2.17. The number of rotatable bonds is 17. The van der Waals surface area contributed by atoms with Gasteiger partial charge in [0.05, 0.1) is 0 Å². The van der Waals surface area contributed by atoms with Crippen LogP contribution in [0.4, 0.5) is 0 Å². The summed E-state index contributed by atoms with van der Waals surface area (Å²) in [5.74, 6) is 0. The van der Waals surface area contributed by atoms with E-state index in [1.165, 1.54) is 84.7 Å². The average Bonchev–Trinajstić information content (AvgIpc) is 3.86. The molecule has 242 valence electrons. The maximum Gasteiger partial charge on any atom is 0.0206 e. The van der Waals surface area contributed by atoms with Gasteiger partial charge in [-0.3, -0.25) is 0 Å². The summed E-state index contributed by atoms with van der Waals surface area (Å²) in [6, 6.07) is 16.9. The van der Waals surface area contributed by atoms with Crippen molar-refractivity contribution in [3.05, 3.63) is 58.7 Å². The molecular weight excluding hydrogens is 544 g/mol. The Morgan fingerprint density at radius 3 is 0.909 bits per heavy atom. The lowest BCUT2D eigenvalue weighted by Crippen LogP contribution is -2.34. The molecule has 6 rings (SSSR count). The molecule has 4 heterocycles. The quantitative estimate of drug-likeness (QED) is 0.140. The third kappa shape index (κ3) is 10.1. The van der Waals surface area contributed by atoms with E-state index in [-0.39, 0.29) is 0 Å². The predicted molar refractivity (Wildman–Crippen MR) is 183 cm³/mol. The minimum atomic E-state index is 0.608. The van der Waals surface area contributed by atoms with Crippen molar-refractivity contribution in [3.63, 3.8) is 0 Å². The van der Waals surface area contributed by atoms with Crippen LogP contribution in [-0.2, 0) is 26.2 Å². The molecule has 44 heavy (non-hydrogen) atoms. The Kier molecular flexibility index (Phi) is 12.5. The summed E-state index contributed by atoms with van der Waals surface area (Å²) in [6.45, 7) is 12.4. The normalized spacial score (nSPS) is 25.4. The first-order valence-corrected chi connectivity index (χ1v) is 17.8. The first-order chi connectivity index (χ1) is 21.8. The second kappa shape index (κ2) is 17.2. The number of hydrogen-bond donors (Lipinski definition) is 8. The monoisotopic (exact) mass is 602 g/mol. The fourth-order valence-electron chi connectivity index (χ4n) is 7.55. The zero-order chi connectivity index (χ0) is 29.8. The van der Waals surface area contributed by atoms with E-state index in [2.05, 4.69) is 78.9 Å². The van der Waals surface area contributed by atoms with Gasteiger partial charge in [0.2, 0.25) is 0 Å². The van der Waals surface area contributed by atoms with Crippen molar-refractivity contribution in [2.75, 3.05) is 52.4 Å². The Balaban J connectivity index is 1.17. The Morgan fingerprint density at radius 1 is 0.409 bits per heavy atom. The highest BCUT2D eigenvalue weighted by Crippen LogP contribution is 2.26. The molecule has 0 saturated carbocycles. The van der Waals surface area contributed by atoms with Crippen LogP contribution in [0.2, 0.25) is 0 Å². The first-order valence-electron chi connectivity index (χ1n) is 17.8. The van der Waals surface area contributed by atoms with E-state index in [9.17, 15) is 0 Å². The molecule has 4 unspecified atom stereocenters. The smallest absolute Gasteiger partial charge is 0.0206 e. The molecule has 4 saturated heterocycles. The Hall–Kier alpha value is -1.88. The first kappa shape index (κ1) is 32.1. The van der Waals surface area contributed by atoms with Gasteiger partial charge in [-0.1, -0.05) is 12.1 Å². The summed E-state index contributed by atoms with van der Waals surface area (Å²) in [5.41, 5.74) is 8.16. The molecule has 0 aromatic heterocycles. The van der Waals surface area contributed by atoms with Crippen molar-refractivity contribution in [2.24, 2.45) is 0 Å². The summed E-state index contributed by atoms with van der Waals surface area (Å²) >= 11 is 0. The minimum Gasteiger partial charge on any atom is -0.313 e. The largest absolute Gasteiger partial charge is 0.313 e. The number of benzene rings is 2. The Morgan fingerprint density at radius 2 is 0.682 bits per heavy atom. The average molecular weight is 603 g/mol. The van der Waals surface area contributed by atoms with Gasteiger partial charge in [0, 0.05) is 76.5 Å². The van der Waals surface area contributed by atoms with Crippen LogP contribution < -0.4 is 42.5 Å². The predicted octanol–water partition coefficient (Wildman–Crippen LogP) is 2.72. The summed E-state index contributed by atoms with van der Waals surface area (Å²) in [4.78, 5) is 0. The fraction of sp³-hybridized carbons (Fsp3) is 0.667. The van der Waals surface area contributed by atoms with Crippen LogP contribution in [0.25, 0.3) is 11.1 Å². The van der Waals surface area contributed by atoms with Crippen LogP contribution in [0.15, 0.2) is 36.4 Å². The molecule has 8 N–H and O–H groups in total. The maximum absolute atomic E-state index is 3.76. The van der Waals surface area contributed by atoms with Crippen LogP contribution in [0, 0.1) is 0 Å². The number of nitrogens with one attached hydrogen (secondary N) is 8. The van der Waals surface area contributed by atoms with Crippen molar-refractivity contribution in [1.29, 1.82) is 0 Å². The summed E-state index contributed by atoms with van der Waals surface area (Å²) in [7, 11) is 0. The molecule has 0 bridgehead atoms. The lowest BCUT2D eigenvalue weighted by molar-refractivity contribution is 0.532. The molecule has 0 aliphatic carbocycles. The van der Waals surface area contributed by atoms with Crippen molar-refractivity contribution in [3.8, 4) is 11.1 Å². The van der Waals surface area contributed by atoms with E-state index in [1.807, 2.05) is 0 Å². The second-order valence-corrected chi connectivity index (χ2v) is 13.8. The van der Waals surface area contributed by atoms with Gasteiger partial charge in [-0.25, -0.2) is 0 Å². The highest BCUT2D eigenvalue weighted by atomic mass is 15.0. The third-order valence-electron chi connectivity index (χ3n) is 9.97. The number of hydrogen-bond acceptors (Lipinski definition) is 8. The van der Waals surface area contributed by atoms with Crippen LogP contribution >= 0.6 is 0 Å². The van der Waals surface area contributed by atoms with Crippen molar-refractivity contribution in [2.45, 2.75) is 102 Å². The van der Waals surface area contributed by atoms with E-state index >= 15 is 0 Å². The third-order valence-corrected chi connectivity index (χ3v) is 9.97. The summed E-state index contributed by atoms with van der Waals surface area (Å²) in [6.07, 6.45) is 10.3. The zero-order valence-corrected chi connectivity index (χ0v) is 26.9. The Labute approximate surface area is 266 Å². The molecule has 2 aromatic rings. The van der Waals surface area contributed by atoms with Crippen molar-refractivity contribution < 1.29 is 0 Å². The SMILES string of the molecule is c1c(CNCC2CCCN2)cc(-c2cc(CNCC3CCCN3)cc(CNCC3CCCN3)c2)cc1CNCC1CCCN1. The molecule has 8 nitrogen and oxygen atoms in total. The molecule has 8 heteroatoms. The van der Waals surface area contributed by atoms with Gasteiger partial charge in [0.15, 0.2) is 0 Å². The van der Waals surface area contributed by atoms with Gasteiger partial charge in [-0.05, 0) is 135 Å². The van der Waals surface area contributed by atoms with Crippen LogP contribution in [-0.4, -0.2) is 76.5 Å². The fourth-order valence-corrected chi connectivity index (χ4v) is 7.55. The molecule has 0 amide bonds. The van der Waals surface area contributed by atoms with Gasteiger partial charge in [0.25, 0.3) is 0 Å². The van der Waals surface area contributed by atoms with Gasteiger partial charge in [-0.2, -0.15) is 0 Å². The van der Waals surface area contributed by atoms with E-state index in [0.717, 1.165) is 78.5 Å². The maximum atomic E-state index is 3.76.